The standard InChI is InChI=1S/C21H23N5.HI/c1-23-21(25-16-18-9-7-17(15-22)8-10-18)24-12-4-13-26-14-11-19-5-2-3-6-20(19)26;/h2-3,5-11,14H,4,12-13,16H2,1H3,(H2,23,24,25);1H. The van der Waals surface area contributed by atoms with E-state index in [-0.39, 0.29) is 24.0 Å². The number of hydrogen-bond acceptors (Lipinski definition) is 2. The summed E-state index contributed by atoms with van der Waals surface area (Å²) in [5.41, 5.74) is 3.07. The molecule has 0 saturated carbocycles. The van der Waals surface area contributed by atoms with Crippen LogP contribution in [0.3, 0.4) is 0 Å². The molecule has 3 aromatic rings. The number of fused-ring (bicyclic) bond motifs is 1. The van der Waals surface area contributed by atoms with Crippen LogP contribution >= 0.6 is 24.0 Å². The number of aromatic nitrogens is 1. The highest BCUT2D eigenvalue weighted by molar-refractivity contribution is 14.0. The Morgan fingerprint density at radius 2 is 1.85 bits per heavy atom. The Labute approximate surface area is 177 Å². The van der Waals surface area contributed by atoms with E-state index in [1.165, 1.54) is 10.9 Å². The molecular weight excluding hydrogens is 449 g/mol. The van der Waals surface area contributed by atoms with E-state index in [9.17, 15) is 0 Å². The molecule has 1 heterocycles. The van der Waals surface area contributed by atoms with E-state index >= 15 is 0 Å². The Morgan fingerprint density at radius 1 is 1.07 bits per heavy atom. The van der Waals surface area contributed by atoms with E-state index in [1.807, 2.05) is 24.3 Å². The molecule has 0 radical (unpaired) electrons. The van der Waals surface area contributed by atoms with Gasteiger partial charge in [0.2, 0.25) is 0 Å². The molecule has 2 N–H and O–H groups in total. The van der Waals surface area contributed by atoms with E-state index in [1.54, 1.807) is 7.05 Å². The van der Waals surface area contributed by atoms with Crippen LogP contribution in [0.4, 0.5) is 0 Å². The third-order valence-corrected chi connectivity index (χ3v) is 4.32. The number of nitrogens with one attached hydrogen (secondary N) is 2. The number of hydrogen-bond donors (Lipinski definition) is 2. The Hall–Kier alpha value is -2.53. The van der Waals surface area contributed by atoms with Crippen LogP contribution in [0.5, 0.6) is 0 Å². The van der Waals surface area contributed by atoms with Crippen molar-refractivity contribution in [3.05, 3.63) is 71.9 Å². The van der Waals surface area contributed by atoms with Crippen molar-refractivity contribution in [1.82, 2.24) is 15.2 Å². The smallest absolute Gasteiger partial charge is 0.191 e. The van der Waals surface area contributed by atoms with Gasteiger partial charge in [-0.05, 0) is 41.6 Å². The van der Waals surface area contributed by atoms with Gasteiger partial charge in [0.05, 0.1) is 11.6 Å². The molecular formula is C21H24IN5. The molecule has 0 spiro atoms. The Bertz CT molecular complexity index is 922. The Morgan fingerprint density at radius 3 is 2.59 bits per heavy atom. The molecule has 140 valence electrons. The van der Waals surface area contributed by atoms with Crippen molar-refractivity contribution in [3.8, 4) is 6.07 Å². The summed E-state index contributed by atoms with van der Waals surface area (Å²) in [6.45, 7) is 2.49. The number of aryl methyl sites for hydroxylation is 1. The van der Waals surface area contributed by atoms with E-state index in [4.69, 9.17) is 5.26 Å². The first-order valence-electron chi connectivity index (χ1n) is 8.77. The highest BCUT2D eigenvalue weighted by atomic mass is 127. The van der Waals surface area contributed by atoms with Crippen molar-refractivity contribution in [2.24, 2.45) is 4.99 Å². The molecule has 0 amide bonds. The van der Waals surface area contributed by atoms with Crippen LogP contribution in [0, 0.1) is 11.3 Å². The van der Waals surface area contributed by atoms with Gasteiger partial charge in [0.25, 0.3) is 0 Å². The Balaban J connectivity index is 0.00000261. The van der Waals surface area contributed by atoms with Crippen molar-refractivity contribution >= 4 is 40.8 Å². The maximum Gasteiger partial charge on any atom is 0.191 e. The normalized spacial score (nSPS) is 10.9. The molecule has 0 bridgehead atoms. The van der Waals surface area contributed by atoms with Gasteiger partial charge >= 0.3 is 0 Å². The largest absolute Gasteiger partial charge is 0.356 e. The summed E-state index contributed by atoms with van der Waals surface area (Å²) in [5, 5.41) is 16.8. The minimum Gasteiger partial charge on any atom is -0.356 e. The summed E-state index contributed by atoms with van der Waals surface area (Å²) in [7, 11) is 1.77. The number of nitrogens with zero attached hydrogens (tertiary/aromatic N) is 3. The lowest BCUT2D eigenvalue weighted by atomic mass is 10.1. The zero-order valence-corrected chi connectivity index (χ0v) is 17.7. The lowest BCUT2D eigenvalue weighted by Gasteiger charge is -2.12. The molecule has 0 aliphatic heterocycles. The maximum atomic E-state index is 8.84. The van der Waals surface area contributed by atoms with Crippen molar-refractivity contribution in [2.45, 2.75) is 19.5 Å². The lowest BCUT2D eigenvalue weighted by molar-refractivity contribution is 0.640. The van der Waals surface area contributed by atoms with Crippen LogP contribution in [0.15, 0.2) is 65.8 Å². The Kier molecular flexibility index (Phi) is 8.14. The zero-order valence-electron chi connectivity index (χ0n) is 15.4. The highest BCUT2D eigenvalue weighted by Crippen LogP contribution is 2.15. The molecule has 0 unspecified atom stereocenters. The summed E-state index contributed by atoms with van der Waals surface area (Å²) in [6, 6.07) is 20.3. The second kappa shape index (κ2) is 10.6. The first-order valence-corrected chi connectivity index (χ1v) is 8.77. The number of para-hydroxylation sites is 1. The molecule has 1 aromatic heterocycles. The molecule has 3 rings (SSSR count). The van der Waals surface area contributed by atoms with E-state index in [0.717, 1.165) is 31.0 Å². The van der Waals surface area contributed by atoms with Gasteiger partial charge in [0.1, 0.15) is 0 Å². The first kappa shape index (κ1) is 20.8. The molecule has 5 nitrogen and oxygen atoms in total. The van der Waals surface area contributed by atoms with E-state index < -0.39 is 0 Å². The molecule has 2 aromatic carbocycles. The molecule has 27 heavy (non-hydrogen) atoms. The van der Waals surface area contributed by atoms with Gasteiger partial charge < -0.3 is 15.2 Å². The number of benzene rings is 2. The average Bonchev–Trinajstić information content (AvgIpc) is 3.11. The zero-order chi connectivity index (χ0) is 18.2. The number of rotatable bonds is 6. The SMILES string of the molecule is CN=C(NCCCn1ccc2ccccc21)NCc1ccc(C#N)cc1.I. The molecule has 0 atom stereocenters. The first-order chi connectivity index (χ1) is 12.8. The van der Waals surface area contributed by atoms with Crippen LogP contribution in [-0.4, -0.2) is 24.1 Å². The predicted octanol–water partition coefficient (Wildman–Crippen LogP) is 3.89. The van der Waals surface area contributed by atoms with Crippen LogP contribution in [-0.2, 0) is 13.1 Å². The number of halogens is 1. The highest BCUT2D eigenvalue weighted by Gasteiger charge is 2.01. The summed E-state index contributed by atoms with van der Waals surface area (Å²) in [6.07, 6.45) is 3.15. The van der Waals surface area contributed by atoms with Crippen LogP contribution < -0.4 is 10.6 Å². The summed E-state index contributed by atoms with van der Waals surface area (Å²) in [5.74, 6) is 0.784. The van der Waals surface area contributed by atoms with Crippen LogP contribution in [0.2, 0.25) is 0 Å². The van der Waals surface area contributed by atoms with Gasteiger partial charge in [-0.15, -0.1) is 24.0 Å². The van der Waals surface area contributed by atoms with Crippen LogP contribution in [0.1, 0.15) is 17.5 Å². The number of guanidine groups is 1. The van der Waals surface area contributed by atoms with Gasteiger partial charge in [-0.3, -0.25) is 4.99 Å². The van der Waals surface area contributed by atoms with Crippen molar-refractivity contribution in [2.75, 3.05) is 13.6 Å². The van der Waals surface area contributed by atoms with E-state index in [2.05, 4.69) is 62.8 Å². The van der Waals surface area contributed by atoms with Crippen molar-refractivity contribution in [3.63, 3.8) is 0 Å². The fourth-order valence-electron chi connectivity index (χ4n) is 2.90. The molecule has 6 heteroatoms. The quantitative estimate of drug-likeness (QED) is 0.247. The second-order valence-corrected chi connectivity index (χ2v) is 6.08. The van der Waals surface area contributed by atoms with Gasteiger partial charge in [0.15, 0.2) is 5.96 Å². The molecule has 0 aliphatic rings. The fraction of sp³-hybridized carbons (Fsp3) is 0.238. The molecule has 0 saturated heterocycles. The fourth-order valence-corrected chi connectivity index (χ4v) is 2.90. The van der Waals surface area contributed by atoms with Gasteiger partial charge in [0, 0.05) is 38.4 Å². The van der Waals surface area contributed by atoms with Crippen molar-refractivity contribution in [1.29, 1.82) is 5.26 Å². The topological polar surface area (TPSA) is 65.1 Å². The minimum absolute atomic E-state index is 0. The van der Waals surface area contributed by atoms with Crippen molar-refractivity contribution < 1.29 is 0 Å². The maximum absolute atomic E-state index is 8.84. The lowest BCUT2D eigenvalue weighted by Crippen LogP contribution is -2.37. The monoisotopic (exact) mass is 473 g/mol. The third-order valence-electron chi connectivity index (χ3n) is 4.32. The molecule has 0 aliphatic carbocycles. The number of aliphatic imine (C=N–C) groups is 1. The van der Waals surface area contributed by atoms with Gasteiger partial charge in [-0.2, -0.15) is 5.26 Å². The summed E-state index contributed by atoms with van der Waals surface area (Å²) in [4.78, 5) is 4.26. The molecule has 0 fully saturated rings. The second-order valence-electron chi connectivity index (χ2n) is 6.08. The van der Waals surface area contributed by atoms with Crippen LogP contribution in [0.25, 0.3) is 10.9 Å². The van der Waals surface area contributed by atoms with Gasteiger partial charge in [-0.1, -0.05) is 30.3 Å². The predicted molar refractivity (Wildman–Crippen MR) is 121 cm³/mol. The number of nitriles is 1. The summed E-state index contributed by atoms with van der Waals surface area (Å²) >= 11 is 0. The average molecular weight is 473 g/mol. The minimum atomic E-state index is 0. The van der Waals surface area contributed by atoms with E-state index in [0.29, 0.717) is 12.1 Å². The third kappa shape index (κ3) is 5.73. The summed E-state index contributed by atoms with van der Waals surface area (Å²) < 4.78 is 2.28. The van der Waals surface area contributed by atoms with Gasteiger partial charge in [-0.25, -0.2) is 0 Å².